The summed E-state index contributed by atoms with van der Waals surface area (Å²) in [4.78, 5) is 17.2. The van der Waals surface area contributed by atoms with Gasteiger partial charge in [-0.25, -0.2) is 4.39 Å². The fourth-order valence-corrected chi connectivity index (χ4v) is 3.79. The fraction of sp³-hybridized carbons (Fsp3) is 0.0385. The van der Waals surface area contributed by atoms with E-state index in [0.29, 0.717) is 11.5 Å². The second-order valence-corrected chi connectivity index (χ2v) is 7.42. The van der Waals surface area contributed by atoms with Gasteiger partial charge in [-0.1, -0.05) is 48.5 Å². The molecule has 6 heteroatoms. The fourth-order valence-electron chi connectivity index (χ4n) is 3.79. The number of benzene rings is 3. The summed E-state index contributed by atoms with van der Waals surface area (Å²) in [5.41, 5.74) is 4.80. The molecule has 0 fully saturated rings. The number of para-hydroxylation sites is 1. The zero-order valence-electron chi connectivity index (χ0n) is 17.0. The van der Waals surface area contributed by atoms with Crippen LogP contribution in [0.1, 0.15) is 5.56 Å². The summed E-state index contributed by atoms with van der Waals surface area (Å²) in [7, 11) is 0. The lowest BCUT2D eigenvalue weighted by atomic mass is 9.97. The lowest BCUT2D eigenvalue weighted by molar-refractivity contribution is -0.115. The number of nitrogens with zero attached hydrogens (tertiary/aromatic N) is 2. The molecular weight excluding hydrogens is 403 g/mol. The molecule has 3 aromatic carbocycles. The first-order valence-corrected chi connectivity index (χ1v) is 10.2. The van der Waals surface area contributed by atoms with Crippen LogP contribution in [-0.2, 0) is 11.2 Å². The molecule has 5 aromatic rings. The van der Waals surface area contributed by atoms with Gasteiger partial charge in [0.15, 0.2) is 5.82 Å². The van der Waals surface area contributed by atoms with Gasteiger partial charge in [0.25, 0.3) is 0 Å². The van der Waals surface area contributed by atoms with Gasteiger partial charge in [0, 0.05) is 17.1 Å². The lowest BCUT2D eigenvalue weighted by Gasteiger charge is -2.11. The van der Waals surface area contributed by atoms with Crippen LogP contribution in [0, 0.1) is 5.82 Å². The highest BCUT2D eigenvalue weighted by atomic mass is 19.1. The summed E-state index contributed by atoms with van der Waals surface area (Å²) in [6.45, 7) is 0. The van der Waals surface area contributed by atoms with E-state index in [1.54, 1.807) is 18.3 Å². The third-order valence-corrected chi connectivity index (χ3v) is 5.28. The highest BCUT2D eigenvalue weighted by Crippen LogP contribution is 2.39. The minimum absolute atomic E-state index is 0.173. The monoisotopic (exact) mass is 422 g/mol. The molecule has 0 unspecified atom stereocenters. The van der Waals surface area contributed by atoms with Crippen molar-refractivity contribution in [3.05, 3.63) is 103 Å². The third-order valence-electron chi connectivity index (χ3n) is 5.28. The van der Waals surface area contributed by atoms with Gasteiger partial charge in [0.2, 0.25) is 5.91 Å². The van der Waals surface area contributed by atoms with Gasteiger partial charge < -0.3 is 5.32 Å². The topological polar surface area (TPSA) is 70.7 Å². The Balaban J connectivity index is 1.61. The molecule has 32 heavy (non-hydrogen) atoms. The highest BCUT2D eigenvalue weighted by molar-refractivity contribution is 6.05. The zero-order chi connectivity index (χ0) is 21.9. The maximum atomic E-state index is 13.5. The molecule has 0 saturated carbocycles. The Kier molecular flexibility index (Phi) is 5.17. The number of rotatable bonds is 5. The maximum Gasteiger partial charge on any atom is 0.230 e. The van der Waals surface area contributed by atoms with Crippen molar-refractivity contribution in [1.29, 1.82) is 0 Å². The van der Waals surface area contributed by atoms with Crippen molar-refractivity contribution in [2.45, 2.75) is 6.42 Å². The molecule has 0 bridgehead atoms. The van der Waals surface area contributed by atoms with E-state index < -0.39 is 0 Å². The molecule has 2 heterocycles. The van der Waals surface area contributed by atoms with Crippen molar-refractivity contribution in [1.82, 2.24) is 15.2 Å². The Morgan fingerprint density at radius 1 is 0.906 bits per heavy atom. The number of H-pyrrole nitrogens is 1. The number of anilines is 1. The SMILES string of the molecule is O=C(Cc1ccccc1)Nc1n[nH]c(-c2ccc(F)cc2)c1-c1ccnc2ccccc12. The van der Waals surface area contributed by atoms with Crippen LogP contribution in [0.2, 0.25) is 0 Å². The minimum Gasteiger partial charge on any atom is -0.308 e. The smallest absolute Gasteiger partial charge is 0.230 e. The molecule has 0 spiro atoms. The molecule has 0 aliphatic carbocycles. The second-order valence-electron chi connectivity index (χ2n) is 7.42. The molecule has 2 aromatic heterocycles. The number of fused-ring (bicyclic) bond motifs is 1. The molecule has 5 rings (SSSR count). The number of pyridine rings is 1. The van der Waals surface area contributed by atoms with Crippen LogP contribution >= 0.6 is 0 Å². The average molecular weight is 422 g/mol. The first kappa shape index (κ1) is 19.6. The van der Waals surface area contributed by atoms with E-state index in [1.807, 2.05) is 60.7 Å². The Morgan fingerprint density at radius 3 is 2.47 bits per heavy atom. The minimum atomic E-state index is -0.319. The van der Waals surface area contributed by atoms with Gasteiger partial charge in [-0.05, 0) is 47.5 Å². The Morgan fingerprint density at radius 2 is 1.66 bits per heavy atom. The summed E-state index contributed by atoms with van der Waals surface area (Å²) >= 11 is 0. The van der Waals surface area contributed by atoms with Gasteiger partial charge in [-0.15, -0.1) is 0 Å². The number of amides is 1. The van der Waals surface area contributed by atoms with Crippen molar-refractivity contribution >= 4 is 22.6 Å². The summed E-state index contributed by atoms with van der Waals surface area (Å²) < 4.78 is 13.5. The van der Waals surface area contributed by atoms with E-state index in [0.717, 1.165) is 33.2 Å². The van der Waals surface area contributed by atoms with E-state index in [1.165, 1.54) is 12.1 Å². The summed E-state index contributed by atoms with van der Waals surface area (Å²) in [5.74, 6) is -0.0739. The number of aromatic nitrogens is 3. The second kappa shape index (κ2) is 8.43. The van der Waals surface area contributed by atoms with Crippen molar-refractivity contribution in [3.8, 4) is 22.4 Å². The van der Waals surface area contributed by atoms with Gasteiger partial charge in [0.1, 0.15) is 5.82 Å². The molecule has 5 nitrogen and oxygen atoms in total. The van der Waals surface area contributed by atoms with Gasteiger partial charge >= 0.3 is 0 Å². The number of nitrogens with one attached hydrogen (secondary N) is 2. The van der Waals surface area contributed by atoms with E-state index in [2.05, 4.69) is 20.5 Å². The summed E-state index contributed by atoms with van der Waals surface area (Å²) in [6, 6.07) is 25.4. The van der Waals surface area contributed by atoms with Crippen molar-refractivity contribution in [2.24, 2.45) is 0 Å². The Labute approximate surface area is 184 Å². The molecule has 0 aliphatic rings. The number of hydrogen-bond acceptors (Lipinski definition) is 3. The van der Waals surface area contributed by atoms with Gasteiger partial charge in [-0.2, -0.15) is 5.10 Å². The molecular formula is C26H19FN4O. The summed E-state index contributed by atoms with van der Waals surface area (Å²) in [5, 5.41) is 11.3. The number of halogens is 1. The maximum absolute atomic E-state index is 13.5. The summed E-state index contributed by atoms with van der Waals surface area (Å²) in [6.07, 6.45) is 1.96. The third kappa shape index (κ3) is 3.86. The van der Waals surface area contributed by atoms with Gasteiger partial charge in [0.05, 0.1) is 23.2 Å². The number of aromatic amines is 1. The quantitative estimate of drug-likeness (QED) is 0.387. The molecule has 0 atom stereocenters. The van der Waals surface area contributed by atoms with Crippen LogP contribution < -0.4 is 5.32 Å². The van der Waals surface area contributed by atoms with Crippen LogP contribution in [0.15, 0.2) is 91.1 Å². The van der Waals surface area contributed by atoms with E-state index in [-0.39, 0.29) is 18.1 Å². The number of hydrogen-bond donors (Lipinski definition) is 2. The Hall–Kier alpha value is -4.32. The molecule has 1 amide bonds. The first-order chi connectivity index (χ1) is 15.7. The van der Waals surface area contributed by atoms with Crippen molar-refractivity contribution in [3.63, 3.8) is 0 Å². The average Bonchev–Trinajstić information content (AvgIpc) is 3.22. The van der Waals surface area contributed by atoms with Crippen LogP contribution in [-0.4, -0.2) is 21.1 Å². The highest BCUT2D eigenvalue weighted by Gasteiger charge is 2.20. The predicted octanol–water partition coefficient (Wildman–Crippen LogP) is 5.61. The zero-order valence-corrected chi connectivity index (χ0v) is 17.0. The lowest BCUT2D eigenvalue weighted by Crippen LogP contribution is -2.15. The predicted molar refractivity (Wildman–Crippen MR) is 123 cm³/mol. The van der Waals surface area contributed by atoms with E-state index in [4.69, 9.17) is 0 Å². The Bertz CT molecular complexity index is 1390. The van der Waals surface area contributed by atoms with Crippen LogP contribution in [0.4, 0.5) is 10.2 Å². The number of carbonyl (C=O) groups excluding carboxylic acids is 1. The van der Waals surface area contributed by atoms with Crippen molar-refractivity contribution in [2.75, 3.05) is 5.32 Å². The molecule has 0 aliphatic heterocycles. The van der Waals surface area contributed by atoms with Crippen LogP contribution in [0.25, 0.3) is 33.3 Å². The molecule has 0 saturated heterocycles. The van der Waals surface area contributed by atoms with E-state index in [9.17, 15) is 9.18 Å². The van der Waals surface area contributed by atoms with Crippen LogP contribution in [0.5, 0.6) is 0 Å². The standard InChI is InChI=1S/C26H19FN4O/c27-19-12-10-18(11-13-19)25-24(21-14-15-28-22-9-5-4-8-20(21)22)26(31-30-25)29-23(32)16-17-6-2-1-3-7-17/h1-15H,16H2,(H2,29,30,31,32). The molecule has 0 radical (unpaired) electrons. The molecule has 156 valence electrons. The molecule has 2 N–H and O–H groups in total. The van der Waals surface area contributed by atoms with Gasteiger partial charge in [-0.3, -0.25) is 14.9 Å². The largest absolute Gasteiger partial charge is 0.308 e. The van der Waals surface area contributed by atoms with Crippen LogP contribution in [0.3, 0.4) is 0 Å². The van der Waals surface area contributed by atoms with E-state index >= 15 is 0 Å². The normalized spacial score (nSPS) is 10.9. The first-order valence-electron chi connectivity index (χ1n) is 10.2. The van der Waals surface area contributed by atoms with Crippen molar-refractivity contribution < 1.29 is 9.18 Å². The number of carbonyl (C=O) groups is 1.